The number of rotatable bonds is 5. The molecule has 1 aliphatic heterocycles. The normalized spacial score (nSPS) is 29.5. The van der Waals surface area contributed by atoms with E-state index in [0.29, 0.717) is 5.92 Å². The van der Waals surface area contributed by atoms with Gasteiger partial charge in [-0.15, -0.1) is 0 Å². The van der Waals surface area contributed by atoms with Crippen LogP contribution in [0.15, 0.2) is 4.99 Å². The molecule has 0 aromatic rings. The Balaban J connectivity index is 1.55. The molecule has 1 saturated heterocycles. The molecule has 148 valence electrons. The average Bonchev–Trinajstić information content (AvgIpc) is 3.25. The number of hydrogen-bond donors (Lipinski definition) is 1. The van der Waals surface area contributed by atoms with Crippen LogP contribution in [0.3, 0.4) is 0 Å². The molecule has 3 unspecified atom stereocenters. The number of carbonyl (C=O) groups is 1. The number of fused-ring (bicyclic) bond motifs is 2. The maximum absolute atomic E-state index is 11.9. The van der Waals surface area contributed by atoms with Crippen molar-refractivity contribution >= 4 is 11.9 Å². The van der Waals surface area contributed by atoms with Crippen LogP contribution < -0.4 is 5.32 Å². The molecule has 26 heavy (non-hydrogen) atoms. The van der Waals surface area contributed by atoms with E-state index in [1.807, 2.05) is 0 Å². The molecule has 2 aliphatic carbocycles. The number of hydrogen-bond acceptors (Lipinski definition) is 3. The molecule has 6 heteroatoms. The fourth-order valence-electron chi connectivity index (χ4n) is 4.77. The predicted molar refractivity (Wildman–Crippen MR) is 106 cm³/mol. The van der Waals surface area contributed by atoms with Gasteiger partial charge in [-0.25, -0.2) is 4.99 Å². The highest BCUT2D eigenvalue weighted by Gasteiger charge is 2.42. The molecule has 0 aromatic carbocycles. The van der Waals surface area contributed by atoms with E-state index >= 15 is 0 Å². The summed E-state index contributed by atoms with van der Waals surface area (Å²) in [5, 5.41) is 3.48. The second-order valence-corrected chi connectivity index (χ2v) is 8.97. The highest BCUT2D eigenvalue weighted by molar-refractivity contribution is 5.84. The Morgan fingerprint density at radius 1 is 1.15 bits per heavy atom. The van der Waals surface area contributed by atoms with Crippen LogP contribution in [-0.2, 0) is 4.79 Å². The standard InChI is InChI=1S/C20H37N5O/c1-15(2)13-21-20(22-14-19(26)23(3)4)25-9-7-24(8-10-25)18-12-16-5-6-17(18)11-16/h15-18H,5-14H2,1-4H3,(H,21,22). The van der Waals surface area contributed by atoms with Gasteiger partial charge in [0.2, 0.25) is 5.91 Å². The third-order valence-corrected chi connectivity index (χ3v) is 6.31. The Hall–Kier alpha value is -1.30. The minimum atomic E-state index is 0.0504. The lowest BCUT2D eigenvalue weighted by atomic mass is 9.93. The van der Waals surface area contributed by atoms with Crippen LogP contribution >= 0.6 is 0 Å². The first-order chi connectivity index (χ1) is 12.4. The van der Waals surface area contributed by atoms with Crippen molar-refractivity contribution in [2.24, 2.45) is 22.7 Å². The number of likely N-dealkylation sites (N-methyl/N-ethyl adjacent to an activating group) is 1. The van der Waals surface area contributed by atoms with E-state index in [2.05, 4.69) is 34.0 Å². The van der Waals surface area contributed by atoms with Gasteiger partial charge in [0.05, 0.1) is 0 Å². The minimum Gasteiger partial charge on any atom is -0.356 e. The smallest absolute Gasteiger partial charge is 0.243 e. The van der Waals surface area contributed by atoms with Gasteiger partial charge < -0.3 is 15.1 Å². The molecular weight excluding hydrogens is 326 g/mol. The first-order valence-electron chi connectivity index (χ1n) is 10.4. The topological polar surface area (TPSA) is 51.2 Å². The summed E-state index contributed by atoms with van der Waals surface area (Å²) in [6.07, 6.45) is 5.82. The molecule has 6 nitrogen and oxygen atoms in total. The summed E-state index contributed by atoms with van der Waals surface area (Å²) in [6, 6.07) is 0.829. The number of nitrogens with one attached hydrogen (secondary N) is 1. The van der Waals surface area contributed by atoms with Crippen molar-refractivity contribution in [3.05, 3.63) is 0 Å². The maximum Gasteiger partial charge on any atom is 0.243 e. The number of amides is 1. The van der Waals surface area contributed by atoms with Gasteiger partial charge in [-0.1, -0.05) is 20.3 Å². The first kappa shape index (κ1) is 19.5. The van der Waals surface area contributed by atoms with Crippen LogP contribution in [-0.4, -0.2) is 86.0 Å². The fourth-order valence-corrected chi connectivity index (χ4v) is 4.77. The zero-order valence-electron chi connectivity index (χ0n) is 17.1. The molecule has 1 heterocycles. The number of guanidine groups is 1. The van der Waals surface area contributed by atoms with Gasteiger partial charge >= 0.3 is 0 Å². The van der Waals surface area contributed by atoms with Crippen molar-refractivity contribution in [2.45, 2.75) is 45.6 Å². The predicted octanol–water partition coefficient (Wildman–Crippen LogP) is 1.48. The van der Waals surface area contributed by atoms with Gasteiger partial charge in [-0.05, 0) is 37.0 Å². The quantitative estimate of drug-likeness (QED) is 0.594. The van der Waals surface area contributed by atoms with E-state index in [-0.39, 0.29) is 12.5 Å². The van der Waals surface area contributed by atoms with Gasteiger partial charge in [0.25, 0.3) is 0 Å². The SMILES string of the molecule is CC(C)CNC(=NCC(=O)N(C)C)N1CCN(C2CC3CCC2C3)CC1. The molecule has 2 bridgehead atoms. The van der Waals surface area contributed by atoms with Crippen molar-refractivity contribution in [3.8, 4) is 0 Å². The van der Waals surface area contributed by atoms with Crippen molar-refractivity contribution in [3.63, 3.8) is 0 Å². The number of nitrogens with zero attached hydrogens (tertiary/aromatic N) is 4. The summed E-state index contributed by atoms with van der Waals surface area (Å²) in [4.78, 5) is 23.2. The Bertz CT molecular complexity index is 510. The van der Waals surface area contributed by atoms with Gasteiger partial charge in [0, 0.05) is 52.9 Å². The second kappa shape index (κ2) is 8.59. The summed E-state index contributed by atoms with van der Waals surface area (Å²) in [5.41, 5.74) is 0. The lowest BCUT2D eigenvalue weighted by molar-refractivity contribution is -0.127. The lowest BCUT2D eigenvalue weighted by Gasteiger charge is -2.42. The van der Waals surface area contributed by atoms with Crippen LogP contribution in [0.1, 0.15) is 39.5 Å². The molecule has 1 N–H and O–H groups in total. The third kappa shape index (κ3) is 4.70. The monoisotopic (exact) mass is 363 g/mol. The summed E-state index contributed by atoms with van der Waals surface area (Å²) in [5.74, 6) is 3.47. The van der Waals surface area contributed by atoms with Gasteiger partial charge in [0.1, 0.15) is 6.54 Å². The molecule has 1 amide bonds. The van der Waals surface area contributed by atoms with E-state index in [0.717, 1.165) is 56.6 Å². The largest absolute Gasteiger partial charge is 0.356 e. The highest BCUT2D eigenvalue weighted by Crippen LogP contribution is 2.46. The van der Waals surface area contributed by atoms with Crippen molar-refractivity contribution in [2.75, 3.05) is 53.4 Å². The number of aliphatic imine (C=N–C) groups is 1. The lowest BCUT2D eigenvalue weighted by Crippen LogP contribution is -2.56. The van der Waals surface area contributed by atoms with E-state index < -0.39 is 0 Å². The van der Waals surface area contributed by atoms with E-state index in [1.54, 1.807) is 19.0 Å². The zero-order chi connectivity index (χ0) is 18.7. The van der Waals surface area contributed by atoms with E-state index in [9.17, 15) is 4.79 Å². The van der Waals surface area contributed by atoms with Gasteiger partial charge in [-0.2, -0.15) is 0 Å². The summed E-state index contributed by atoms with van der Waals surface area (Å²) in [6.45, 7) is 9.77. The summed E-state index contributed by atoms with van der Waals surface area (Å²) in [7, 11) is 3.57. The third-order valence-electron chi connectivity index (χ3n) is 6.31. The van der Waals surface area contributed by atoms with E-state index in [1.165, 1.54) is 25.7 Å². The van der Waals surface area contributed by atoms with Crippen molar-refractivity contribution in [1.29, 1.82) is 0 Å². The molecule has 0 spiro atoms. The molecule has 2 saturated carbocycles. The fraction of sp³-hybridized carbons (Fsp3) is 0.900. The Kier molecular flexibility index (Phi) is 6.43. The van der Waals surface area contributed by atoms with Crippen molar-refractivity contribution in [1.82, 2.24) is 20.0 Å². The van der Waals surface area contributed by atoms with Crippen LogP contribution in [0.4, 0.5) is 0 Å². The first-order valence-corrected chi connectivity index (χ1v) is 10.4. The molecule has 3 aliphatic rings. The Morgan fingerprint density at radius 2 is 1.88 bits per heavy atom. The van der Waals surface area contributed by atoms with Crippen molar-refractivity contribution < 1.29 is 4.79 Å². The van der Waals surface area contributed by atoms with Crippen LogP contribution in [0, 0.1) is 17.8 Å². The summed E-state index contributed by atoms with van der Waals surface area (Å²) < 4.78 is 0. The number of carbonyl (C=O) groups excluding carboxylic acids is 1. The molecule has 0 aromatic heterocycles. The zero-order valence-corrected chi connectivity index (χ0v) is 17.1. The summed E-state index contributed by atoms with van der Waals surface area (Å²) >= 11 is 0. The maximum atomic E-state index is 11.9. The molecule has 3 atom stereocenters. The minimum absolute atomic E-state index is 0.0504. The Morgan fingerprint density at radius 3 is 2.42 bits per heavy atom. The van der Waals surface area contributed by atoms with Crippen LogP contribution in [0.2, 0.25) is 0 Å². The molecule has 3 fully saturated rings. The average molecular weight is 364 g/mol. The molecule has 3 rings (SSSR count). The second-order valence-electron chi connectivity index (χ2n) is 8.97. The van der Waals surface area contributed by atoms with Gasteiger partial charge in [-0.3, -0.25) is 9.69 Å². The highest BCUT2D eigenvalue weighted by atomic mass is 16.2. The molecular formula is C20H37N5O. The van der Waals surface area contributed by atoms with Gasteiger partial charge in [0.15, 0.2) is 5.96 Å². The number of piperazine rings is 1. The molecule has 0 radical (unpaired) electrons. The van der Waals surface area contributed by atoms with Crippen LogP contribution in [0.25, 0.3) is 0 Å². The Labute approximate surface area is 159 Å². The van der Waals surface area contributed by atoms with Crippen LogP contribution in [0.5, 0.6) is 0 Å². The van der Waals surface area contributed by atoms with E-state index in [4.69, 9.17) is 0 Å².